The van der Waals surface area contributed by atoms with Crippen LogP contribution < -0.4 is 10.6 Å². The number of phenolic OH excluding ortho intramolecular Hbond substituents is 1. The van der Waals surface area contributed by atoms with E-state index in [9.17, 15) is 28.6 Å². The molecule has 4 rings (SSSR count). The Morgan fingerprint density at radius 2 is 1.93 bits per heavy atom. The van der Waals surface area contributed by atoms with Crippen LogP contribution in [0.15, 0.2) is 42.6 Å². The van der Waals surface area contributed by atoms with E-state index in [-0.39, 0.29) is 54.8 Å². The second-order valence-corrected chi connectivity index (χ2v) is 12.3. The van der Waals surface area contributed by atoms with Crippen molar-refractivity contribution in [2.45, 2.75) is 59.0 Å². The summed E-state index contributed by atoms with van der Waals surface area (Å²) in [6.07, 6.45) is -1.27. The standard InChI is InChI=1S/C32H40F3N5O4/c1-18-8-20(10-23(42)9-18)15-39-17-27(24-11-22(33)6-7-25(24)34)38-30(39)29(32(3,4)12-28(43)36-5)40(31(44)19(2)41)16-21-13-37-14-26(21)35/h6-11,17,19,21,26,29,37,41-42H,12-16H2,1-5H3,(H,36,43)/t19-,21-,26-,29-/m0/s1. The van der Waals surface area contributed by atoms with Crippen molar-refractivity contribution in [3.8, 4) is 17.0 Å². The summed E-state index contributed by atoms with van der Waals surface area (Å²) in [5.41, 5.74) is 0.343. The molecule has 4 N–H and O–H groups in total. The molecule has 0 bridgehead atoms. The van der Waals surface area contributed by atoms with Gasteiger partial charge in [0.1, 0.15) is 35.5 Å². The lowest BCUT2D eigenvalue weighted by Gasteiger charge is -2.43. The highest BCUT2D eigenvalue weighted by Gasteiger charge is 2.45. The average molecular weight is 616 g/mol. The van der Waals surface area contributed by atoms with Gasteiger partial charge in [-0.3, -0.25) is 9.59 Å². The van der Waals surface area contributed by atoms with Crippen LogP contribution in [-0.4, -0.2) is 75.4 Å². The summed E-state index contributed by atoms with van der Waals surface area (Å²) >= 11 is 0. The molecule has 0 unspecified atom stereocenters. The van der Waals surface area contributed by atoms with Gasteiger partial charge in [-0.2, -0.15) is 0 Å². The fourth-order valence-electron chi connectivity index (χ4n) is 5.93. The maximum absolute atomic E-state index is 15.0. The van der Waals surface area contributed by atoms with Crippen molar-refractivity contribution >= 4 is 11.8 Å². The number of nitrogens with zero attached hydrogens (tertiary/aromatic N) is 3. The molecule has 2 heterocycles. The van der Waals surface area contributed by atoms with E-state index in [4.69, 9.17) is 4.98 Å². The van der Waals surface area contributed by atoms with Crippen molar-refractivity contribution in [1.29, 1.82) is 0 Å². The molecule has 2 aromatic carbocycles. The number of phenols is 1. The monoisotopic (exact) mass is 615 g/mol. The Balaban J connectivity index is 1.97. The Bertz CT molecular complexity index is 1490. The number of rotatable bonds is 11. The molecule has 0 saturated carbocycles. The first-order valence-electron chi connectivity index (χ1n) is 14.6. The van der Waals surface area contributed by atoms with Gasteiger partial charge in [0.05, 0.1) is 11.7 Å². The van der Waals surface area contributed by atoms with Crippen molar-refractivity contribution in [2.75, 3.05) is 26.7 Å². The Labute approximate surface area is 255 Å². The fraction of sp³-hybridized carbons (Fsp3) is 0.469. The topological polar surface area (TPSA) is 120 Å². The van der Waals surface area contributed by atoms with Gasteiger partial charge in [0.2, 0.25) is 5.91 Å². The molecule has 1 saturated heterocycles. The van der Waals surface area contributed by atoms with Gasteiger partial charge in [-0.25, -0.2) is 18.2 Å². The summed E-state index contributed by atoms with van der Waals surface area (Å²) < 4.78 is 45.9. The highest BCUT2D eigenvalue weighted by atomic mass is 19.1. The maximum Gasteiger partial charge on any atom is 0.251 e. The molecule has 9 nitrogen and oxygen atoms in total. The van der Waals surface area contributed by atoms with E-state index in [1.165, 1.54) is 25.1 Å². The molecule has 12 heteroatoms. The minimum absolute atomic E-state index is 0.0307. The normalized spacial score (nSPS) is 18.2. The zero-order chi connectivity index (χ0) is 32.3. The van der Waals surface area contributed by atoms with E-state index in [2.05, 4.69) is 10.6 Å². The molecule has 1 aliphatic heterocycles. The van der Waals surface area contributed by atoms with Gasteiger partial charge in [-0.15, -0.1) is 0 Å². The lowest BCUT2D eigenvalue weighted by molar-refractivity contribution is -0.147. The van der Waals surface area contributed by atoms with Crippen LogP contribution in [0.1, 0.15) is 50.2 Å². The Hall–Kier alpha value is -3.90. The minimum Gasteiger partial charge on any atom is -0.508 e. The number of aryl methyl sites for hydroxylation is 1. The lowest BCUT2D eigenvalue weighted by Crippen LogP contribution is -2.50. The van der Waals surface area contributed by atoms with E-state index in [0.29, 0.717) is 12.1 Å². The lowest BCUT2D eigenvalue weighted by atomic mass is 9.78. The van der Waals surface area contributed by atoms with Crippen molar-refractivity contribution in [3.05, 3.63) is 71.2 Å². The third-order valence-electron chi connectivity index (χ3n) is 8.01. The maximum atomic E-state index is 15.0. The summed E-state index contributed by atoms with van der Waals surface area (Å²) in [4.78, 5) is 32.6. The number of amides is 2. The second-order valence-electron chi connectivity index (χ2n) is 12.3. The third-order valence-corrected chi connectivity index (χ3v) is 8.01. The first-order chi connectivity index (χ1) is 20.7. The molecule has 2 amide bonds. The Morgan fingerprint density at radius 3 is 2.55 bits per heavy atom. The van der Waals surface area contributed by atoms with Gasteiger partial charge >= 0.3 is 0 Å². The van der Waals surface area contributed by atoms with Crippen LogP contribution in [0.5, 0.6) is 5.75 Å². The van der Waals surface area contributed by atoms with Crippen LogP contribution in [0.4, 0.5) is 13.2 Å². The van der Waals surface area contributed by atoms with Crippen LogP contribution >= 0.6 is 0 Å². The summed E-state index contributed by atoms with van der Waals surface area (Å²) in [7, 11) is 1.49. The van der Waals surface area contributed by atoms with E-state index in [1.807, 2.05) is 13.0 Å². The highest BCUT2D eigenvalue weighted by molar-refractivity contribution is 5.81. The van der Waals surface area contributed by atoms with Gasteiger partial charge in [-0.05, 0) is 55.3 Å². The number of aliphatic hydroxyl groups is 1. The van der Waals surface area contributed by atoms with Gasteiger partial charge in [-0.1, -0.05) is 19.9 Å². The number of alkyl halides is 1. The minimum atomic E-state index is -1.46. The number of benzene rings is 2. The van der Waals surface area contributed by atoms with Crippen molar-refractivity contribution in [2.24, 2.45) is 11.3 Å². The number of hydrogen-bond acceptors (Lipinski definition) is 6. The van der Waals surface area contributed by atoms with Crippen molar-refractivity contribution in [1.82, 2.24) is 25.1 Å². The van der Waals surface area contributed by atoms with Crippen LogP contribution in [0.25, 0.3) is 11.3 Å². The molecule has 44 heavy (non-hydrogen) atoms. The van der Waals surface area contributed by atoms with E-state index in [1.54, 1.807) is 30.5 Å². The summed E-state index contributed by atoms with van der Waals surface area (Å²) in [6, 6.07) is 6.96. The zero-order valence-electron chi connectivity index (χ0n) is 25.6. The number of aromatic hydroxyl groups is 1. The zero-order valence-corrected chi connectivity index (χ0v) is 25.6. The van der Waals surface area contributed by atoms with E-state index in [0.717, 1.165) is 23.8 Å². The quantitative estimate of drug-likeness (QED) is 0.260. The van der Waals surface area contributed by atoms with Gasteiger partial charge in [0, 0.05) is 62.7 Å². The molecule has 0 radical (unpaired) electrons. The van der Waals surface area contributed by atoms with E-state index < -0.39 is 47.2 Å². The van der Waals surface area contributed by atoms with E-state index >= 15 is 4.39 Å². The summed E-state index contributed by atoms with van der Waals surface area (Å²) in [5, 5.41) is 26.4. The smallest absolute Gasteiger partial charge is 0.251 e. The van der Waals surface area contributed by atoms with Crippen molar-refractivity contribution in [3.63, 3.8) is 0 Å². The predicted octanol–water partition coefficient (Wildman–Crippen LogP) is 3.86. The van der Waals surface area contributed by atoms with Gasteiger partial charge in [0.15, 0.2) is 0 Å². The molecular weight excluding hydrogens is 575 g/mol. The first kappa shape index (κ1) is 33.0. The van der Waals surface area contributed by atoms with Crippen LogP contribution in [0, 0.1) is 29.9 Å². The number of halogens is 3. The molecule has 238 valence electrons. The molecule has 0 aliphatic carbocycles. The Morgan fingerprint density at radius 1 is 1.20 bits per heavy atom. The van der Waals surface area contributed by atoms with Gasteiger partial charge < -0.3 is 30.3 Å². The number of carbonyl (C=O) groups excluding carboxylic acids is 2. The predicted molar refractivity (Wildman–Crippen MR) is 159 cm³/mol. The van der Waals surface area contributed by atoms with Crippen LogP contribution in [0.2, 0.25) is 0 Å². The van der Waals surface area contributed by atoms with Gasteiger partial charge in [0.25, 0.3) is 5.91 Å². The molecule has 0 spiro atoms. The Kier molecular flexibility index (Phi) is 10.0. The van der Waals surface area contributed by atoms with Crippen LogP contribution in [0.3, 0.4) is 0 Å². The molecule has 1 aromatic heterocycles. The average Bonchev–Trinajstić information content (AvgIpc) is 3.53. The van der Waals surface area contributed by atoms with Crippen molar-refractivity contribution < 1.29 is 33.0 Å². The number of aromatic nitrogens is 2. The fourth-order valence-corrected chi connectivity index (χ4v) is 5.93. The number of carbonyl (C=O) groups is 2. The highest BCUT2D eigenvalue weighted by Crippen LogP contribution is 2.43. The molecule has 3 aromatic rings. The van der Waals surface area contributed by atoms with Crippen LogP contribution in [-0.2, 0) is 16.1 Å². The number of aliphatic hydroxyl groups excluding tert-OH is 1. The number of imidazole rings is 1. The second kappa shape index (κ2) is 13.4. The molecule has 1 fully saturated rings. The number of hydrogen-bond donors (Lipinski definition) is 4. The first-order valence-corrected chi connectivity index (χ1v) is 14.6. The molecule has 4 atom stereocenters. The number of nitrogens with one attached hydrogen (secondary N) is 2. The third kappa shape index (κ3) is 7.41. The molecular formula is C32H40F3N5O4. The summed E-state index contributed by atoms with van der Waals surface area (Å²) in [6.45, 7) is 7.06. The largest absolute Gasteiger partial charge is 0.508 e. The molecule has 1 aliphatic rings. The summed E-state index contributed by atoms with van der Waals surface area (Å²) in [5.74, 6) is -2.77. The SMILES string of the molecule is CNC(=O)CC(C)(C)[C@H](c1nc(-c2cc(F)ccc2F)cn1Cc1cc(C)cc(O)c1)N(C[C@@H]1CNC[C@@H]1F)C(=O)[C@H](C)O.